The standard InChI is InChI=1S/C15H20ClN3O4/c1-18(12-5-2-10(9-20)3-6-12)15(21)17-11-4-7-13(16)14(8-11)19(22)23/h4,7-8,10,12,20H,2-3,5-6,9H2,1H3,(H,17,21). The third-order valence-electron chi connectivity index (χ3n) is 4.34. The Labute approximate surface area is 139 Å². The average molecular weight is 342 g/mol. The second kappa shape index (κ2) is 7.61. The number of hydrogen-bond acceptors (Lipinski definition) is 4. The van der Waals surface area contributed by atoms with Gasteiger partial charge in [0.2, 0.25) is 0 Å². The lowest BCUT2D eigenvalue weighted by Gasteiger charge is -2.34. The van der Waals surface area contributed by atoms with Crippen molar-refractivity contribution in [3.8, 4) is 0 Å². The van der Waals surface area contributed by atoms with Crippen LogP contribution in [-0.2, 0) is 0 Å². The van der Waals surface area contributed by atoms with E-state index in [0.717, 1.165) is 25.7 Å². The summed E-state index contributed by atoms with van der Waals surface area (Å²) in [7, 11) is 1.71. The number of nitrogens with zero attached hydrogens (tertiary/aromatic N) is 2. The molecule has 0 atom stereocenters. The molecule has 0 bridgehead atoms. The van der Waals surface area contributed by atoms with Crippen molar-refractivity contribution in [2.45, 2.75) is 31.7 Å². The number of benzene rings is 1. The van der Waals surface area contributed by atoms with Crippen molar-refractivity contribution < 1.29 is 14.8 Å². The van der Waals surface area contributed by atoms with Crippen LogP contribution < -0.4 is 5.32 Å². The first kappa shape index (κ1) is 17.5. The van der Waals surface area contributed by atoms with Crippen molar-refractivity contribution in [2.75, 3.05) is 19.0 Å². The van der Waals surface area contributed by atoms with Crippen LogP contribution in [-0.4, -0.2) is 40.7 Å². The van der Waals surface area contributed by atoms with Crippen LogP contribution >= 0.6 is 11.6 Å². The number of urea groups is 1. The third kappa shape index (κ3) is 4.33. The molecule has 0 saturated heterocycles. The minimum absolute atomic E-state index is 0.0312. The number of nitrogens with one attached hydrogen (secondary N) is 1. The Balaban J connectivity index is 1.99. The highest BCUT2D eigenvalue weighted by molar-refractivity contribution is 6.32. The van der Waals surface area contributed by atoms with Gasteiger partial charge in [-0.3, -0.25) is 10.1 Å². The fourth-order valence-electron chi connectivity index (χ4n) is 2.82. The number of amides is 2. The van der Waals surface area contributed by atoms with Crippen molar-refractivity contribution in [1.29, 1.82) is 0 Å². The molecule has 2 rings (SSSR count). The summed E-state index contributed by atoms with van der Waals surface area (Å²) >= 11 is 5.75. The molecule has 0 unspecified atom stereocenters. The van der Waals surface area contributed by atoms with E-state index >= 15 is 0 Å². The van der Waals surface area contributed by atoms with E-state index in [-0.39, 0.29) is 29.4 Å². The molecule has 126 valence electrons. The molecule has 0 radical (unpaired) electrons. The van der Waals surface area contributed by atoms with E-state index in [4.69, 9.17) is 16.7 Å². The summed E-state index contributed by atoms with van der Waals surface area (Å²) in [6, 6.07) is 3.97. The fourth-order valence-corrected chi connectivity index (χ4v) is 3.01. The van der Waals surface area contributed by atoms with Crippen LogP contribution in [0.4, 0.5) is 16.2 Å². The Bertz CT molecular complexity index is 588. The Morgan fingerprint density at radius 1 is 1.43 bits per heavy atom. The van der Waals surface area contributed by atoms with E-state index in [0.29, 0.717) is 11.6 Å². The molecule has 1 saturated carbocycles. The number of carbonyl (C=O) groups is 1. The summed E-state index contributed by atoms with van der Waals surface area (Å²) in [5.41, 5.74) is 0.0950. The summed E-state index contributed by atoms with van der Waals surface area (Å²) < 4.78 is 0. The predicted molar refractivity (Wildman–Crippen MR) is 87.7 cm³/mol. The number of rotatable bonds is 4. The van der Waals surface area contributed by atoms with Crippen LogP contribution in [0.3, 0.4) is 0 Å². The van der Waals surface area contributed by atoms with Crippen molar-refractivity contribution in [3.63, 3.8) is 0 Å². The van der Waals surface area contributed by atoms with Crippen molar-refractivity contribution >= 4 is 29.0 Å². The second-order valence-corrected chi connectivity index (χ2v) is 6.23. The zero-order valence-electron chi connectivity index (χ0n) is 12.9. The molecule has 1 aromatic rings. The number of anilines is 1. The zero-order chi connectivity index (χ0) is 17.0. The molecule has 0 aromatic heterocycles. The van der Waals surface area contributed by atoms with Crippen molar-refractivity contribution in [3.05, 3.63) is 33.3 Å². The molecule has 8 heteroatoms. The van der Waals surface area contributed by atoms with Gasteiger partial charge in [-0.1, -0.05) is 11.6 Å². The lowest BCUT2D eigenvalue weighted by molar-refractivity contribution is -0.384. The Morgan fingerprint density at radius 3 is 2.65 bits per heavy atom. The molecule has 7 nitrogen and oxygen atoms in total. The second-order valence-electron chi connectivity index (χ2n) is 5.82. The van der Waals surface area contributed by atoms with Gasteiger partial charge in [0.05, 0.1) is 4.92 Å². The average Bonchev–Trinajstić information content (AvgIpc) is 2.55. The molecule has 1 aromatic carbocycles. The van der Waals surface area contributed by atoms with Gasteiger partial charge < -0.3 is 15.3 Å². The first-order valence-corrected chi connectivity index (χ1v) is 7.88. The van der Waals surface area contributed by atoms with Gasteiger partial charge in [0.15, 0.2) is 0 Å². The number of carbonyl (C=O) groups excluding carboxylic acids is 1. The smallest absolute Gasteiger partial charge is 0.321 e. The van der Waals surface area contributed by atoms with Gasteiger partial charge in [0.25, 0.3) is 5.69 Å². The molecule has 2 amide bonds. The van der Waals surface area contributed by atoms with E-state index in [1.807, 2.05) is 0 Å². The highest BCUT2D eigenvalue weighted by Gasteiger charge is 2.26. The lowest BCUT2D eigenvalue weighted by atomic mass is 9.86. The predicted octanol–water partition coefficient (Wildman–Crippen LogP) is 3.26. The van der Waals surface area contributed by atoms with Crippen LogP contribution in [0.2, 0.25) is 5.02 Å². The van der Waals surface area contributed by atoms with Crippen molar-refractivity contribution in [2.24, 2.45) is 5.92 Å². The summed E-state index contributed by atoms with van der Waals surface area (Å²) in [4.78, 5) is 24.2. The maximum Gasteiger partial charge on any atom is 0.321 e. The Hall–Kier alpha value is -1.86. The number of nitro benzene ring substituents is 1. The summed E-state index contributed by atoms with van der Waals surface area (Å²) in [5.74, 6) is 0.321. The van der Waals surface area contributed by atoms with Crippen LogP contribution in [0.25, 0.3) is 0 Å². The topological polar surface area (TPSA) is 95.7 Å². The number of aliphatic hydroxyl groups excluding tert-OH is 1. The molecule has 2 N–H and O–H groups in total. The van der Waals surface area contributed by atoms with Gasteiger partial charge in [0, 0.05) is 31.5 Å². The largest absolute Gasteiger partial charge is 0.396 e. The monoisotopic (exact) mass is 341 g/mol. The minimum Gasteiger partial charge on any atom is -0.396 e. The summed E-state index contributed by atoms with van der Waals surface area (Å²) in [6.45, 7) is 0.192. The van der Waals surface area contributed by atoms with Crippen LogP contribution in [0.5, 0.6) is 0 Å². The van der Waals surface area contributed by atoms with Gasteiger partial charge >= 0.3 is 6.03 Å². The molecule has 1 fully saturated rings. The first-order valence-electron chi connectivity index (χ1n) is 7.51. The fraction of sp³-hybridized carbons (Fsp3) is 0.533. The normalized spacial score (nSPS) is 20.8. The molecule has 1 aliphatic rings. The lowest BCUT2D eigenvalue weighted by Crippen LogP contribution is -2.42. The summed E-state index contributed by atoms with van der Waals surface area (Å²) in [5, 5.41) is 22.7. The number of halogens is 1. The zero-order valence-corrected chi connectivity index (χ0v) is 13.6. The van der Waals surface area contributed by atoms with Crippen LogP contribution in [0.15, 0.2) is 18.2 Å². The van der Waals surface area contributed by atoms with Gasteiger partial charge in [-0.25, -0.2) is 4.79 Å². The SMILES string of the molecule is CN(C(=O)Nc1ccc(Cl)c([N+](=O)[O-])c1)C1CCC(CO)CC1. The molecule has 23 heavy (non-hydrogen) atoms. The van der Waals surface area contributed by atoms with E-state index in [9.17, 15) is 14.9 Å². The van der Waals surface area contributed by atoms with E-state index < -0.39 is 4.92 Å². The van der Waals surface area contributed by atoms with Gasteiger partial charge in [0.1, 0.15) is 5.02 Å². The quantitative estimate of drug-likeness (QED) is 0.649. The van der Waals surface area contributed by atoms with E-state index in [1.165, 1.54) is 18.2 Å². The molecule has 0 heterocycles. The maximum absolute atomic E-state index is 12.3. The highest BCUT2D eigenvalue weighted by atomic mass is 35.5. The minimum atomic E-state index is -0.585. The summed E-state index contributed by atoms with van der Waals surface area (Å²) in [6.07, 6.45) is 3.47. The Kier molecular flexibility index (Phi) is 5.79. The van der Waals surface area contributed by atoms with E-state index in [1.54, 1.807) is 11.9 Å². The molecular formula is C15H20ClN3O4. The Morgan fingerprint density at radius 2 is 2.09 bits per heavy atom. The van der Waals surface area contributed by atoms with Gasteiger partial charge in [-0.2, -0.15) is 0 Å². The molecule has 0 spiro atoms. The van der Waals surface area contributed by atoms with Crippen molar-refractivity contribution in [1.82, 2.24) is 4.90 Å². The number of aliphatic hydroxyl groups is 1. The number of nitro groups is 1. The highest BCUT2D eigenvalue weighted by Crippen LogP contribution is 2.29. The third-order valence-corrected chi connectivity index (χ3v) is 4.66. The van der Waals surface area contributed by atoms with Gasteiger partial charge in [-0.05, 0) is 43.7 Å². The number of hydrogen-bond donors (Lipinski definition) is 2. The maximum atomic E-state index is 12.3. The van der Waals surface area contributed by atoms with Crippen LogP contribution in [0.1, 0.15) is 25.7 Å². The molecule has 0 aliphatic heterocycles. The van der Waals surface area contributed by atoms with Crippen LogP contribution in [0, 0.1) is 16.0 Å². The molecular weight excluding hydrogens is 322 g/mol. The first-order chi connectivity index (χ1) is 10.9. The van der Waals surface area contributed by atoms with E-state index in [2.05, 4.69) is 5.32 Å². The van der Waals surface area contributed by atoms with Gasteiger partial charge in [-0.15, -0.1) is 0 Å². The molecule has 1 aliphatic carbocycles.